The van der Waals surface area contributed by atoms with Gasteiger partial charge in [0.25, 0.3) is 0 Å². The van der Waals surface area contributed by atoms with Crippen LogP contribution in [-0.2, 0) is 0 Å². The largest absolute Gasteiger partial charge is 0.316 e. The molecule has 1 rings (SSSR count). The van der Waals surface area contributed by atoms with E-state index in [2.05, 4.69) is 31.0 Å². The van der Waals surface area contributed by atoms with Crippen LogP contribution < -0.4 is 5.32 Å². The van der Waals surface area contributed by atoms with Crippen molar-refractivity contribution in [2.75, 3.05) is 32.7 Å². The van der Waals surface area contributed by atoms with E-state index in [9.17, 15) is 0 Å². The Morgan fingerprint density at radius 1 is 1.43 bits per heavy atom. The molecule has 0 aliphatic carbocycles. The van der Waals surface area contributed by atoms with Gasteiger partial charge in [-0.1, -0.05) is 20.8 Å². The van der Waals surface area contributed by atoms with E-state index in [0.717, 1.165) is 11.8 Å². The standard InChI is InChI=1S/C12H26N2/c1-4-6-13-8-12-5-7-14(10-12)9-11(2)3/h11-13H,4-10H2,1-3H3. The van der Waals surface area contributed by atoms with Crippen LogP contribution in [0.2, 0.25) is 0 Å². The molecule has 0 spiro atoms. The minimum Gasteiger partial charge on any atom is -0.316 e. The quantitative estimate of drug-likeness (QED) is 0.656. The Hall–Kier alpha value is -0.0800. The number of rotatable bonds is 6. The maximum atomic E-state index is 3.52. The maximum absolute atomic E-state index is 3.52. The van der Waals surface area contributed by atoms with Crippen molar-refractivity contribution in [2.24, 2.45) is 11.8 Å². The molecule has 14 heavy (non-hydrogen) atoms. The summed E-state index contributed by atoms with van der Waals surface area (Å²) in [6.07, 6.45) is 2.64. The van der Waals surface area contributed by atoms with Crippen molar-refractivity contribution >= 4 is 0 Å². The van der Waals surface area contributed by atoms with Gasteiger partial charge >= 0.3 is 0 Å². The summed E-state index contributed by atoms with van der Waals surface area (Å²) in [6, 6.07) is 0. The zero-order valence-electron chi connectivity index (χ0n) is 10.1. The lowest BCUT2D eigenvalue weighted by Crippen LogP contribution is -2.28. The summed E-state index contributed by atoms with van der Waals surface area (Å²) in [7, 11) is 0. The molecular formula is C12H26N2. The molecule has 0 radical (unpaired) electrons. The lowest BCUT2D eigenvalue weighted by atomic mass is 10.1. The minimum absolute atomic E-state index is 0.817. The first-order valence-corrected chi connectivity index (χ1v) is 6.15. The van der Waals surface area contributed by atoms with Gasteiger partial charge in [-0.3, -0.25) is 0 Å². The van der Waals surface area contributed by atoms with E-state index in [4.69, 9.17) is 0 Å². The molecule has 84 valence electrons. The summed E-state index contributed by atoms with van der Waals surface area (Å²) in [5, 5.41) is 3.52. The molecule has 0 saturated carbocycles. The monoisotopic (exact) mass is 198 g/mol. The molecular weight excluding hydrogens is 172 g/mol. The number of nitrogens with zero attached hydrogens (tertiary/aromatic N) is 1. The van der Waals surface area contributed by atoms with Crippen molar-refractivity contribution in [3.63, 3.8) is 0 Å². The Labute approximate surface area is 89.1 Å². The summed E-state index contributed by atoms with van der Waals surface area (Å²) < 4.78 is 0. The molecule has 2 heteroatoms. The zero-order chi connectivity index (χ0) is 10.4. The fraction of sp³-hybridized carbons (Fsp3) is 1.00. The van der Waals surface area contributed by atoms with Crippen molar-refractivity contribution in [1.29, 1.82) is 0 Å². The molecule has 0 aromatic heterocycles. The fourth-order valence-corrected chi connectivity index (χ4v) is 2.24. The normalized spacial score (nSPS) is 23.6. The highest BCUT2D eigenvalue weighted by atomic mass is 15.1. The first kappa shape index (κ1) is 12.0. The van der Waals surface area contributed by atoms with Crippen molar-refractivity contribution in [1.82, 2.24) is 10.2 Å². The van der Waals surface area contributed by atoms with Gasteiger partial charge in [0.1, 0.15) is 0 Å². The van der Waals surface area contributed by atoms with Crippen molar-refractivity contribution in [2.45, 2.75) is 33.6 Å². The molecule has 0 aromatic rings. The molecule has 0 aromatic carbocycles. The number of likely N-dealkylation sites (tertiary alicyclic amines) is 1. The van der Waals surface area contributed by atoms with Crippen LogP contribution in [0.4, 0.5) is 0 Å². The fourth-order valence-electron chi connectivity index (χ4n) is 2.24. The van der Waals surface area contributed by atoms with Crippen molar-refractivity contribution in [3.8, 4) is 0 Å². The average molecular weight is 198 g/mol. The Morgan fingerprint density at radius 2 is 2.21 bits per heavy atom. The Bertz CT molecular complexity index is 145. The molecule has 0 amide bonds. The van der Waals surface area contributed by atoms with Gasteiger partial charge in [0.05, 0.1) is 0 Å². The van der Waals surface area contributed by atoms with E-state index in [1.165, 1.54) is 45.6 Å². The van der Waals surface area contributed by atoms with E-state index in [1.807, 2.05) is 0 Å². The van der Waals surface area contributed by atoms with Gasteiger partial charge in [0.2, 0.25) is 0 Å². The van der Waals surface area contributed by atoms with E-state index < -0.39 is 0 Å². The third kappa shape index (κ3) is 4.43. The van der Waals surface area contributed by atoms with Crippen LogP contribution in [0.25, 0.3) is 0 Å². The van der Waals surface area contributed by atoms with Gasteiger partial charge < -0.3 is 10.2 Å². The van der Waals surface area contributed by atoms with Crippen LogP contribution in [0.1, 0.15) is 33.6 Å². The summed E-state index contributed by atoms with van der Waals surface area (Å²) >= 11 is 0. The predicted octanol–water partition coefficient (Wildman–Crippen LogP) is 1.96. The average Bonchev–Trinajstić information content (AvgIpc) is 2.52. The van der Waals surface area contributed by atoms with Crippen LogP contribution in [0.15, 0.2) is 0 Å². The smallest absolute Gasteiger partial charge is 0.00224 e. The first-order chi connectivity index (χ1) is 6.72. The first-order valence-electron chi connectivity index (χ1n) is 6.15. The Balaban J connectivity index is 2.08. The molecule has 1 unspecified atom stereocenters. The van der Waals surface area contributed by atoms with E-state index in [-0.39, 0.29) is 0 Å². The second-order valence-corrected chi connectivity index (χ2v) is 5.01. The van der Waals surface area contributed by atoms with Crippen molar-refractivity contribution in [3.05, 3.63) is 0 Å². The van der Waals surface area contributed by atoms with Gasteiger partial charge in [-0.25, -0.2) is 0 Å². The van der Waals surface area contributed by atoms with Crippen LogP contribution in [-0.4, -0.2) is 37.6 Å². The zero-order valence-corrected chi connectivity index (χ0v) is 10.1. The molecule has 1 aliphatic heterocycles. The van der Waals surface area contributed by atoms with Crippen LogP contribution in [0.3, 0.4) is 0 Å². The van der Waals surface area contributed by atoms with E-state index in [0.29, 0.717) is 0 Å². The van der Waals surface area contributed by atoms with Gasteiger partial charge in [-0.2, -0.15) is 0 Å². The van der Waals surface area contributed by atoms with Crippen molar-refractivity contribution < 1.29 is 0 Å². The summed E-state index contributed by atoms with van der Waals surface area (Å²) in [5.74, 6) is 1.72. The molecule has 1 aliphatic rings. The molecule has 0 bridgehead atoms. The predicted molar refractivity (Wildman–Crippen MR) is 62.5 cm³/mol. The van der Waals surface area contributed by atoms with Gasteiger partial charge in [-0.15, -0.1) is 0 Å². The lowest BCUT2D eigenvalue weighted by molar-refractivity contribution is 0.286. The SMILES string of the molecule is CCCNCC1CCN(CC(C)C)C1. The Morgan fingerprint density at radius 3 is 2.86 bits per heavy atom. The van der Waals surface area contributed by atoms with E-state index in [1.54, 1.807) is 0 Å². The summed E-state index contributed by atoms with van der Waals surface area (Å²) in [4.78, 5) is 2.61. The topological polar surface area (TPSA) is 15.3 Å². The van der Waals surface area contributed by atoms with Crippen LogP contribution in [0, 0.1) is 11.8 Å². The second-order valence-electron chi connectivity index (χ2n) is 5.01. The van der Waals surface area contributed by atoms with Gasteiger partial charge in [-0.05, 0) is 44.3 Å². The molecule has 1 fully saturated rings. The van der Waals surface area contributed by atoms with Gasteiger partial charge in [0.15, 0.2) is 0 Å². The minimum atomic E-state index is 0.817. The number of nitrogens with one attached hydrogen (secondary N) is 1. The maximum Gasteiger partial charge on any atom is 0.00224 e. The third-order valence-corrected chi connectivity index (χ3v) is 2.85. The van der Waals surface area contributed by atoms with Gasteiger partial charge in [0, 0.05) is 13.1 Å². The molecule has 1 saturated heterocycles. The Kier molecular flexibility index (Phi) is 5.49. The van der Waals surface area contributed by atoms with Crippen LogP contribution in [0.5, 0.6) is 0 Å². The summed E-state index contributed by atoms with van der Waals surface area (Å²) in [6.45, 7) is 13.2. The highest BCUT2D eigenvalue weighted by Gasteiger charge is 2.21. The summed E-state index contributed by atoms with van der Waals surface area (Å²) in [5.41, 5.74) is 0. The molecule has 1 atom stereocenters. The molecule has 1 heterocycles. The molecule has 1 N–H and O–H groups in total. The highest BCUT2D eigenvalue weighted by Crippen LogP contribution is 2.16. The third-order valence-electron chi connectivity index (χ3n) is 2.85. The molecule has 2 nitrogen and oxygen atoms in total. The van der Waals surface area contributed by atoms with Crippen LogP contribution >= 0.6 is 0 Å². The number of hydrogen-bond acceptors (Lipinski definition) is 2. The highest BCUT2D eigenvalue weighted by molar-refractivity contribution is 4.77. The van der Waals surface area contributed by atoms with E-state index >= 15 is 0 Å². The lowest BCUT2D eigenvalue weighted by Gasteiger charge is -2.18. The second kappa shape index (κ2) is 6.41. The number of hydrogen-bond donors (Lipinski definition) is 1.